The van der Waals surface area contributed by atoms with E-state index in [1.807, 2.05) is 0 Å². The first-order chi connectivity index (χ1) is 4.15. The number of nitrogens with two attached hydrogens (primary N) is 2. The summed E-state index contributed by atoms with van der Waals surface area (Å²) in [4.78, 5) is 0. The predicted octanol–water partition coefficient (Wildman–Crippen LogP) is 0.427. The van der Waals surface area contributed by atoms with Crippen LogP contribution in [0.4, 0.5) is 22.0 Å². The molecule has 10 heavy (non-hydrogen) atoms. The third kappa shape index (κ3) is 2.44. The van der Waals surface area contributed by atoms with Gasteiger partial charge in [-0.15, -0.1) is 0 Å². The zero-order valence-corrected chi connectivity index (χ0v) is 4.62. The molecule has 0 radical (unpaired) electrons. The first kappa shape index (κ1) is 9.57. The summed E-state index contributed by atoms with van der Waals surface area (Å²) in [7, 11) is 0. The maximum absolute atomic E-state index is 11.5. The number of alkyl halides is 5. The summed E-state index contributed by atoms with van der Waals surface area (Å²) in [5, 5.41) is 0. The van der Waals surface area contributed by atoms with Gasteiger partial charge in [0.2, 0.25) is 0 Å². The summed E-state index contributed by atoms with van der Waals surface area (Å²) in [5.74, 6) is 0. The number of hydrogen-bond acceptors (Lipinski definition) is 2. The lowest BCUT2D eigenvalue weighted by atomic mass is 10.3. The fraction of sp³-hybridized carbons (Fsp3) is 1.00. The lowest BCUT2D eigenvalue weighted by Crippen LogP contribution is -2.56. The van der Waals surface area contributed by atoms with Crippen molar-refractivity contribution < 1.29 is 22.0 Å². The van der Waals surface area contributed by atoms with Crippen molar-refractivity contribution in [2.45, 2.75) is 18.3 Å². The van der Waals surface area contributed by atoms with Gasteiger partial charge in [0.25, 0.3) is 0 Å². The van der Waals surface area contributed by atoms with Crippen LogP contribution in [0.1, 0.15) is 0 Å². The molecule has 0 bridgehead atoms. The zero-order valence-electron chi connectivity index (χ0n) is 4.62. The SMILES string of the molecule is NC(C(N)(F)F)C(F)(F)F. The van der Waals surface area contributed by atoms with Gasteiger partial charge in [0, 0.05) is 0 Å². The van der Waals surface area contributed by atoms with Gasteiger partial charge in [0.1, 0.15) is 0 Å². The van der Waals surface area contributed by atoms with E-state index in [9.17, 15) is 22.0 Å². The van der Waals surface area contributed by atoms with Gasteiger partial charge in [0.05, 0.1) is 0 Å². The largest absolute Gasteiger partial charge is 0.410 e. The highest BCUT2D eigenvalue weighted by Crippen LogP contribution is 2.26. The summed E-state index contributed by atoms with van der Waals surface area (Å²) in [5.41, 5.74) is 7.81. The molecule has 4 N–H and O–H groups in total. The van der Waals surface area contributed by atoms with Crippen molar-refractivity contribution in [1.82, 2.24) is 0 Å². The monoisotopic (exact) mass is 164 g/mol. The Labute approximate surface area is 53.0 Å². The average Bonchev–Trinajstić information content (AvgIpc) is 1.59. The van der Waals surface area contributed by atoms with E-state index in [1.165, 1.54) is 0 Å². The van der Waals surface area contributed by atoms with Gasteiger partial charge in [-0.3, -0.25) is 5.73 Å². The molecule has 2 nitrogen and oxygen atoms in total. The van der Waals surface area contributed by atoms with Crippen LogP contribution in [0.15, 0.2) is 0 Å². The average molecular weight is 164 g/mol. The summed E-state index contributed by atoms with van der Waals surface area (Å²) in [6.45, 7) is 0. The Bertz CT molecular complexity index is 99.0. The molecule has 0 aliphatic carbocycles. The van der Waals surface area contributed by atoms with Crippen LogP contribution in [0, 0.1) is 0 Å². The zero-order chi connectivity index (χ0) is 8.58. The molecule has 7 heteroatoms. The van der Waals surface area contributed by atoms with Gasteiger partial charge in [-0.1, -0.05) is 0 Å². The third-order valence-corrected chi connectivity index (χ3v) is 0.767. The predicted molar refractivity (Wildman–Crippen MR) is 23.2 cm³/mol. The fourth-order valence-corrected chi connectivity index (χ4v) is 0.218. The van der Waals surface area contributed by atoms with Gasteiger partial charge < -0.3 is 5.73 Å². The van der Waals surface area contributed by atoms with Crippen LogP contribution in [-0.2, 0) is 0 Å². The molecule has 0 rings (SSSR count). The Kier molecular flexibility index (Phi) is 2.21. The highest BCUT2D eigenvalue weighted by Gasteiger charge is 2.51. The molecule has 0 aromatic carbocycles. The Morgan fingerprint density at radius 3 is 1.30 bits per heavy atom. The van der Waals surface area contributed by atoms with Crippen LogP contribution in [-0.4, -0.2) is 18.3 Å². The number of halogens is 5. The standard InChI is InChI=1S/C3H5F5N2/c4-2(5,6)1(9)3(7,8)10/h1H,9-10H2. The lowest BCUT2D eigenvalue weighted by Gasteiger charge is -2.20. The first-order valence-corrected chi connectivity index (χ1v) is 2.14. The molecule has 1 atom stereocenters. The van der Waals surface area contributed by atoms with Crippen LogP contribution in [0.3, 0.4) is 0 Å². The molecule has 1 unspecified atom stereocenters. The molecule has 0 aliphatic heterocycles. The van der Waals surface area contributed by atoms with Gasteiger partial charge in [-0.25, -0.2) is 0 Å². The number of rotatable bonds is 1. The maximum atomic E-state index is 11.5. The van der Waals surface area contributed by atoms with E-state index < -0.39 is 18.3 Å². The van der Waals surface area contributed by atoms with E-state index in [4.69, 9.17) is 0 Å². The van der Waals surface area contributed by atoms with Crippen molar-refractivity contribution in [3.8, 4) is 0 Å². The van der Waals surface area contributed by atoms with Crippen molar-refractivity contribution >= 4 is 0 Å². The number of hydrogen-bond donors (Lipinski definition) is 2. The lowest BCUT2D eigenvalue weighted by molar-refractivity contribution is -0.202. The van der Waals surface area contributed by atoms with E-state index in [0.717, 1.165) is 0 Å². The quantitative estimate of drug-likeness (QED) is 0.436. The maximum Gasteiger partial charge on any atom is 0.410 e. The van der Waals surface area contributed by atoms with Gasteiger partial charge in [-0.2, -0.15) is 22.0 Å². The summed E-state index contributed by atoms with van der Waals surface area (Å²) in [6, 6.07) is -7.70. The van der Waals surface area contributed by atoms with Crippen LogP contribution < -0.4 is 11.5 Å². The Morgan fingerprint density at radius 1 is 1.00 bits per heavy atom. The molecule has 0 fully saturated rings. The van der Waals surface area contributed by atoms with Gasteiger partial charge in [0.15, 0.2) is 6.04 Å². The highest BCUT2D eigenvalue weighted by molar-refractivity contribution is 4.80. The second kappa shape index (κ2) is 2.31. The Hall–Kier alpha value is -0.430. The van der Waals surface area contributed by atoms with E-state index >= 15 is 0 Å². The molecule has 0 saturated carbocycles. The summed E-state index contributed by atoms with van der Waals surface area (Å²) < 4.78 is 56.9. The molecule has 0 aromatic heterocycles. The molecular formula is C3H5F5N2. The summed E-state index contributed by atoms with van der Waals surface area (Å²) in [6.07, 6.45) is -5.15. The van der Waals surface area contributed by atoms with Gasteiger partial charge in [-0.05, 0) is 0 Å². The van der Waals surface area contributed by atoms with Crippen LogP contribution in [0.5, 0.6) is 0 Å². The Balaban J connectivity index is 4.23. The molecule has 0 aliphatic rings. The minimum Gasteiger partial charge on any atom is -0.314 e. The van der Waals surface area contributed by atoms with Crippen molar-refractivity contribution in [3.63, 3.8) is 0 Å². The minimum atomic E-state index is -5.15. The molecule has 0 amide bonds. The van der Waals surface area contributed by atoms with Crippen molar-refractivity contribution in [2.75, 3.05) is 0 Å². The third-order valence-electron chi connectivity index (χ3n) is 0.767. The van der Waals surface area contributed by atoms with Crippen molar-refractivity contribution in [2.24, 2.45) is 11.5 Å². The molecule has 0 aromatic rings. The van der Waals surface area contributed by atoms with E-state index in [1.54, 1.807) is 0 Å². The van der Waals surface area contributed by atoms with E-state index in [0.29, 0.717) is 0 Å². The van der Waals surface area contributed by atoms with E-state index in [2.05, 4.69) is 11.5 Å². The molecule has 0 saturated heterocycles. The normalized spacial score (nSPS) is 17.1. The molecule has 62 valence electrons. The van der Waals surface area contributed by atoms with Crippen molar-refractivity contribution in [3.05, 3.63) is 0 Å². The minimum absolute atomic E-state index is 3.29. The summed E-state index contributed by atoms with van der Waals surface area (Å²) >= 11 is 0. The van der Waals surface area contributed by atoms with Crippen molar-refractivity contribution in [1.29, 1.82) is 0 Å². The van der Waals surface area contributed by atoms with Crippen LogP contribution >= 0.6 is 0 Å². The highest BCUT2D eigenvalue weighted by atomic mass is 19.4. The fourth-order valence-electron chi connectivity index (χ4n) is 0.218. The topological polar surface area (TPSA) is 52.0 Å². The molecular weight excluding hydrogens is 159 g/mol. The van der Waals surface area contributed by atoms with E-state index in [-0.39, 0.29) is 0 Å². The van der Waals surface area contributed by atoms with Crippen LogP contribution in [0.2, 0.25) is 0 Å². The van der Waals surface area contributed by atoms with Crippen LogP contribution in [0.25, 0.3) is 0 Å². The second-order valence-electron chi connectivity index (χ2n) is 1.69. The van der Waals surface area contributed by atoms with Gasteiger partial charge >= 0.3 is 12.2 Å². The Morgan fingerprint density at radius 2 is 1.30 bits per heavy atom. The molecule has 0 spiro atoms. The second-order valence-corrected chi connectivity index (χ2v) is 1.69. The smallest absolute Gasteiger partial charge is 0.314 e. The first-order valence-electron chi connectivity index (χ1n) is 2.14. The molecule has 0 heterocycles.